The summed E-state index contributed by atoms with van der Waals surface area (Å²) < 4.78 is 11.3. The van der Waals surface area contributed by atoms with E-state index in [2.05, 4.69) is 31.8 Å². The standard InChI is InChI=1S/C24H20BrN3O5/c1-15-6-5-7-16(12-15)24(31)33-20-11-10-18(25)13-17(20)14-26-28-23(30)22(29)27-19-8-3-4-9-21(19)32-2/h3-14H,1-2H3,(H,27,29)(H,28,30)/b26-14+. The Morgan fingerprint density at radius 2 is 1.73 bits per heavy atom. The summed E-state index contributed by atoms with van der Waals surface area (Å²) in [7, 11) is 1.46. The van der Waals surface area contributed by atoms with Crippen LogP contribution < -0.4 is 20.2 Å². The molecule has 2 N–H and O–H groups in total. The molecule has 0 saturated heterocycles. The molecule has 0 bridgehead atoms. The molecule has 0 spiro atoms. The fourth-order valence-corrected chi connectivity index (χ4v) is 3.16. The number of amides is 2. The Balaban J connectivity index is 1.68. The highest BCUT2D eigenvalue weighted by Crippen LogP contribution is 2.24. The molecule has 0 aliphatic carbocycles. The number of benzene rings is 3. The Morgan fingerprint density at radius 3 is 2.48 bits per heavy atom. The Kier molecular flexibility index (Phi) is 7.93. The number of rotatable bonds is 6. The zero-order valence-electron chi connectivity index (χ0n) is 17.8. The second-order valence-corrected chi connectivity index (χ2v) is 7.71. The van der Waals surface area contributed by atoms with Crippen LogP contribution >= 0.6 is 15.9 Å². The van der Waals surface area contributed by atoms with Gasteiger partial charge in [-0.3, -0.25) is 9.59 Å². The van der Waals surface area contributed by atoms with E-state index in [1.807, 2.05) is 13.0 Å². The number of carbonyl (C=O) groups is 3. The quantitative estimate of drug-likeness (QED) is 0.171. The lowest BCUT2D eigenvalue weighted by atomic mass is 10.1. The maximum Gasteiger partial charge on any atom is 0.343 e. The number of esters is 1. The fourth-order valence-electron chi connectivity index (χ4n) is 2.78. The molecule has 0 unspecified atom stereocenters. The number of para-hydroxylation sites is 2. The van der Waals surface area contributed by atoms with Crippen LogP contribution in [0.1, 0.15) is 21.5 Å². The van der Waals surface area contributed by atoms with E-state index in [4.69, 9.17) is 9.47 Å². The average Bonchev–Trinajstić information content (AvgIpc) is 2.80. The summed E-state index contributed by atoms with van der Waals surface area (Å²) in [5, 5.41) is 6.27. The number of nitrogens with zero attached hydrogens (tertiary/aromatic N) is 1. The lowest BCUT2D eigenvalue weighted by Gasteiger charge is -2.09. The second kappa shape index (κ2) is 11.1. The number of hydrazone groups is 1. The van der Waals surface area contributed by atoms with Crippen molar-refractivity contribution in [1.29, 1.82) is 0 Å². The second-order valence-electron chi connectivity index (χ2n) is 6.79. The summed E-state index contributed by atoms with van der Waals surface area (Å²) in [6.07, 6.45) is 1.28. The number of anilines is 1. The molecule has 0 aliphatic heterocycles. The first-order chi connectivity index (χ1) is 15.9. The van der Waals surface area contributed by atoms with E-state index in [1.165, 1.54) is 13.3 Å². The highest BCUT2D eigenvalue weighted by atomic mass is 79.9. The zero-order valence-corrected chi connectivity index (χ0v) is 19.4. The Labute approximate surface area is 198 Å². The third-order valence-electron chi connectivity index (χ3n) is 4.36. The van der Waals surface area contributed by atoms with Gasteiger partial charge in [-0.15, -0.1) is 0 Å². The molecule has 3 rings (SSSR count). The Hall–Kier alpha value is -3.98. The molecule has 0 saturated carbocycles. The summed E-state index contributed by atoms with van der Waals surface area (Å²) in [5.74, 6) is -1.78. The van der Waals surface area contributed by atoms with Crippen LogP contribution in [0.15, 0.2) is 76.3 Å². The van der Waals surface area contributed by atoms with Gasteiger partial charge in [-0.05, 0) is 49.4 Å². The van der Waals surface area contributed by atoms with E-state index in [1.54, 1.807) is 60.7 Å². The van der Waals surface area contributed by atoms with Crippen molar-refractivity contribution in [2.75, 3.05) is 12.4 Å². The van der Waals surface area contributed by atoms with Gasteiger partial charge in [-0.1, -0.05) is 45.8 Å². The number of halogens is 1. The zero-order chi connectivity index (χ0) is 23.8. The minimum Gasteiger partial charge on any atom is -0.495 e. The molecule has 8 nitrogen and oxygen atoms in total. The average molecular weight is 510 g/mol. The molecule has 168 valence electrons. The number of hydrogen-bond donors (Lipinski definition) is 2. The normalized spacial score (nSPS) is 10.5. The largest absolute Gasteiger partial charge is 0.495 e. The van der Waals surface area contributed by atoms with Crippen LogP contribution in [0.3, 0.4) is 0 Å². The Bertz CT molecular complexity index is 1230. The SMILES string of the molecule is COc1ccccc1NC(=O)C(=O)N/N=C/c1cc(Br)ccc1OC(=O)c1cccc(C)c1. The van der Waals surface area contributed by atoms with Gasteiger partial charge in [0, 0.05) is 10.0 Å². The maximum atomic E-state index is 12.5. The number of nitrogens with one attached hydrogen (secondary N) is 2. The molecular weight excluding hydrogens is 490 g/mol. The molecule has 0 fully saturated rings. The summed E-state index contributed by atoms with van der Waals surface area (Å²) in [5.41, 5.74) is 4.24. The van der Waals surface area contributed by atoms with Gasteiger partial charge in [0.2, 0.25) is 0 Å². The molecule has 0 aromatic heterocycles. The predicted octanol–water partition coefficient (Wildman–Crippen LogP) is 4.07. The van der Waals surface area contributed by atoms with E-state index in [9.17, 15) is 14.4 Å². The predicted molar refractivity (Wildman–Crippen MR) is 128 cm³/mol. The minimum atomic E-state index is -0.981. The number of carbonyl (C=O) groups excluding carboxylic acids is 3. The van der Waals surface area contributed by atoms with Gasteiger partial charge < -0.3 is 14.8 Å². The van der Waals surface area contributed by atoms with Gasteiger partial charge >= 0.3 is 17.8 Å². The van der Waals surface area contributed by atoms with Gasteiger partial charge in [-0.2, -0.15) is 5.10 Å². The smallest absolute Gasteiger partial charge is 0.343 e. The summed E-state index contributed by atoms with van der Waals surface area (Å²) in [4.78, 5) is 36.7. The minimum absolute atomic E-state index is 0.237. The molecule has 2 amide bonds. The van der Waals surface area contributed by atoms with Crippen LogP contribution in [0.4, 0.5) is 5.69 Å². The van der Waals surface area contributed by atoms with Crippen LogP contribution in [-0.4, -0.2) is 31.1 Å². The van der Waals surface area contributed by atoms with E-state index >= 15 is 0 Å². The lowest BCUT2D eigenvalue weighted by Crippen LogP contribution is -2.32. The summed E-state index contributed by atoms with van der Waals surface area (Å²) in [6, 6.07) is 18.7. The van der Waals surface area contributed by atoms with Crippen LogP contribution in [0, 0.1) is 6.92 Å². The van der Waals surface area contributed by atoms with Gasteiger partial charge in [0.1, 0.15) is 11.5 Å². The first-order valence-corrected chi connectivity index (χ1v) is 10.5. The molecule has 0 radical (unpaired) electrons. The van der Waals surface area contributed by atoms with Crippen LogP contribution in [-0.2, 0) is 9.59 Å². The van der Waals surface area contributed by atoms with Crippen molar-refractivity contribution in [3.63, 3.8) is 0 Å². The monoisotopic (exact) mass is 509 g/mol. The summed E-state index contributed by atoms with van der Waals surface area (Å²) >= 11 is 3.35. The van der Waals surface area contributed by atoms with Crippen molar-refractivity contribution in [3.8, 4) is 11.5 Å². The number of aryl methyl sites for hydroxylation is 1. The van der Waals surface area contributed by atoms with Crippen LogP contribution in [0.2, 0.25) is 0 Å². The van der Waals surface area contributed by atoms with Crippen molar-refractivity contribution in [3.05, 3.63) is 87.9 Å². The molecule has 33 heavy (non-hydrogen) atoms. The fraction of sp³-hybridized carbons (Fsp3) is 0.0833. The van der Waals surface area contributed by atoms with E-state index in [-0.39, 0.29) is 5.75 Å². The number of ether oxygens (including phenoxy) is 2. The third-order valence-corrected chi connectivity index (χ3v) is 4.85. The summed E-state index contributed by atoms with van der Waals surface area (Å²) in [6.45, 7) is 1.88. The van der Waals surface area contributed by atoms with Crippen LogP contribution in [0.25, 0.3) is 0 Å². The highest BCUT2D eigenvalue weighted by Gasteiger charge is 2.15. The van der Waals surface area contributed by atoms with Crippen LogP contribution in [0.5, 0.6) is 11.5 Å². The van der Waals surface area contributed by atoms with E-state index < -0.39 is 17.8 Å². The topological polar surface area (TPSA) is 106 Å². The molecule has 3 aromatic rings. The van der Waals surface area contributed by atoms with Gasteiger partial charge in [0.15, 0.2) is 0 Å². The number of hydrogen-bond acceptors (Lipinski definition) is 6. The molecule has 0 atom stereocenters. The number of methoxy groups -OCH3 is 1. The van der Waals surface area contributed by atoms with Crippen molar-refractivity contribution >= 4 is 45.6 Å². The van der Waals surface area contributed by atoms with Gasteiger partial charge in [-0.25, -0.2) is 10.2 Å². The molecule has 0 heterocycles. The first-order valence-electron chi connectivity index (χ1n) is 9.73. The molecule has 0 aliphatic rings. The third kappa shape index (κ3) is 6.50. The molecular formula is C24H20BrN3O5. The van der Waals surface area contributed by atoms with Crippen molar-refractivity contribution in [2.24, 2.45) is 5.10 Å². The highest BCUT2D eigenvalue weighted by molar-refractivity contribution is 9.10. The molecule has 3 aromatic carbocycles. The van der Waals surface area contributed by atoms with Crippen molar-refractivity contribution in [1.82, 2.24) is 5.43 Å². The van der Waals surface area contributed by atoms with E-state index in [0.717, 1.165) is 5.56 Å². The van der Waals surface area contributed by atoms with E-state index in [0.29, 0.717) is 27.0 Å². The lowest BCUT2D eigenvalue weighted by molar-refractivity contribution is -0.136. The van der Waals surface area contributed by atoms with Gasteiger partial charge in [0.25, 0.3) is 0 Å². The first kappa shape index (κ1) is 23.7. The van der Waals surface area contributed by atoms with Crippen molar-refractivity contribution in [2.45, 2.75) is 6.92 Å². The van der Waals surface area contributed by atoms with Gasteiger partial charge in [0.05, 0.1) is 24.6 Å². The molecule has 9 heteroatoms. The van der Waals surface area contributed by atoms with Crippen molar-refractivity contribution < 1.29 is 23.9 Å². The maximum absolute atomic E-state index is 12.5. The Morgan fingerprint density at radius 1 is 0.939 bits per heavy atom.